The number of nitrogens with zero attached hydrogens (tertiary/aromatic N) is 4. The molecule has 1 aliphatic heterocycles. The molecule has 1 aromatic rings. The Labute approximate surface area is 111 Å². The molecule has 0 radical (unpaired) electrons. The van der Waals surface area contributed by atoms with Gasteiger partial charge in [0, 0.05) is 25.4 Å². The summed E-state index contributed by atoms with van der Waals surface area (Å²) >= 11 is 1.74. The molecular weight excluding hydrogens is 250 g/mol. The van der Waals surface area contributed by atoms with Crippen molar-refractivity contribution >= 4 is 11.8 Å². The van der Waals surface area contributed by atoms with E-state index in [1.807, 2.05) is 4.68 Å². The summed E-state index contributed by atoms with van der Waals surface area (Å²) in [6.45, 7) is 3.91. The standard InChI is InChI=1S/C11H19N5OS/c1-2-10(1)16-11(13-14-15-16)18-6-4-12-7-9-3-5-17-8-9/h9-10,12H,1-8H2. The third-order valence-corrected chi connectivity index (χ3v) is 4.26. The van der Waals surface area contributed by atoms with Crippen LogP contribution in [0.4, 0.5) is 0 Å². The molecule has 1 aliphatic carbocycles. The summed E-state index contributed by atoms with van der Waals surface area (Å²) in [5.74, 6) is 1.72. The maximum atomic E-state index is 5.35. The van der Waals surface area contributed by atoms with Crippen LogP contribution in [0, 0.1) is 5.92 Å². The molecule has 3 rings (SSSR count). The average molecular weight is 269 g/mol. The molecule has 1 unspecified atom stereocenters. The van der Waals surface area contributed by atoms with Gasteiger partial charge in [-0.3, -0.25) is 0 Å². The molecule has 0 amide bonds. The maximum absolute atomic E-state index is 5.35. The van der Waals surface area contributed by atoms with Gasteiger partial charge in [-0.1, -0.05) is 11.8 Å². The largest absolute Gasteiger partial charge is 0.381 e. The summed E-state index contributed by atoms with van der Waals surface area (Å²) in [5.41, 5.74) is 0. The van der Waals surface area contributed by atoms with Crippen molar-refractivity contribution in [1.82, 2.24) is 25.5 Å². The van der Waals surface area contributed by atoms with Crippen LogP contribution in [0.15, 0.2) is 5.16 Å². The highest BCUT2D eigenvalue weighted by Crippen LogP contribution is 2.36. The van der Waals surface area contributed by atoms with Crippen molar-refractivity contribution in [2.24, 2.45) is 5.92 Å². The van der Waals surface area contributed by atoms with E-state index in [1.54, 1.807) is 11.8 Å². The summed E-state index contributed by atoms with van der Waals surface area (Å²) in [6, 6.07) is 0.561. The summed E-state index contributed by atoms with van der Waals surface area (Å²) in [7, 11) is 0. The lowest BCUT2D eigenvalue weighted by molar-refractivity contribution is 0.185. The van der Waals surface area contributed by atoms with Crippen LogP contribution in [-0.2, 0) is 4.74 Å². The Balaban J connectivity index is 1.32. The molecule has 1 aromatic heterocycles. The fraction of sp³-hybridized carbons (Fsp3) is 0.909. The number of nitrogens with one attached hydrogen (secondary N) is 1. The van der Waals surface area contributed by atoms with Crippen LogP contribution >= 0.6 is 11.8 Å². The zero-order valence-electron chi connectivity index (χ0n) is 10.4. The fourth-order valence-corrected chi connectivity index (χ4v) is 2.93. The molecule has 1 N–H and O–H groups in total. The van der Waals surface area contributed by atoms with Gasteiger partial charge < -0.3 is 10.1 Å². The van der Waals surface area contributed by atoms with E-state index in [1.165, 1.54) is 19.3 Å². The van der Waals surface area contributed by atoms with Crippen molar-refractivity contribution in [3.05, 3.63) is 0 Å². The molecule has 18 heavy (non-hydrogen) atoms. The van der Waals surface area contributed by atoms with Crippen LogP contribution < -0.4 is 5.32 Å². The molecule has 1 saturated carbocycles. The zero-order valence-corrected chi connectivity index (χ0v) is 11.2. The number of tetrazole rings is 1. The lowest BCUT2D eigenvalue weighted by Crippen LogP contribution is -2.25. The molecule has 0 spiro atoms. The van der Waals surface area contributed by atoms with E-state index in [2.05, 4.69) is 20.8 Å². The molecule has 2 heterocycles. The summed E-state index contributed by atoms with van der Waals surface area (Å²) in [5, 5.41) is 16.3. The molecule has 7 heteroatoms. The van der Waals surface area contributed by atoms with Crippen molar-refractivity contribution < 1.29 is 4.74 Å². The maximum Gasteiger partial charge on any atom is 0.209 e. The van der Waals surface area contributed by atoms with Crippen LogP contribution in [0.2, 0.25) is 0 Å². The van der Waals surface area contributed by atoms with Crippen LogP contribution in [0.3, 0.4) is 0 Å². The van der Waals surface area contributed by atoms with E-state index in [0.29, 0.717) is 12.0 Å². The van der Waals surface area contributed by atoms with Crippen molar-refractivity contribution in [2.45, 2.75) is 30.5 Å². The van der Waals surface area contributed by atoms with Gasteiger partial charge in [0.05, 0.1) is 12.6 Å². The summed E-state index contributed by atoms with van der Waals surface area (Å²) in [6.07, 6.45) is 3.64. The van der Waals surface area contributed by atoms with Gasteiger partial charge in [-0.15, -0.1) is 5.10 Å². The van der Waals surface area contributed by atoms with Gasteiger partial charge >= 0.3 is 0 Å². The van der Waals surface area contributed by atoms with Crippen LogP contribution in [0.5, 0.6) is 0 Å². The Morgan fingerprint density at radius 2 is 2.33 bits per heavy atom. The number of ether oxygens (including phenoxy) is 1. The van der Waals surface area contributed by atoms with Gasteiger partial charge in [-0.2, -0.15) is 0 Å². The van der Waals surface area contributed by atoms with E-state index in [4.69, 9.17) is 4.74 Å². The van der Waals surface area contributed by atoms with Crippen molar-refractivity contribution in [3.63, 3.8) is 0 Å². The highest BCUT2D eigenvalue weighted by molar-refractivity contribution is 7.99. The average Bonchev–Trinajstić information content (AvgIpc) is 2.92. The minimum Gasteiger partial charge on any atom is -0.381 e. The Morgan fingerprint density at radius 3 is 3.11 bits per heavy atom. The lowest BCUT2D eigenvalue weighted by atomic mass is 10.1. The van der Waals surface area contributed by atoms with Crippen molar-refractivity contribution in [1.29, 1.82) is 0 Å². The SMILES string of the molecule is C(CSc1nnnn1C1CC1)NCC1CCOC1. The second-order valence-corrected chi connectivity index (χ2v) is 5.98. The monoisotopic (exact) mass is 269 g/mol. The van der Waals surface area contributed by atoms with Gasteiger partial charge in [0.25, 0.3) is 0 Å². The van der Waals surface area contributed by atoms with E-state index in [-0.39, 0.29) is 0 Å². The topological polar surface area (TPSA) is 64.9 Å². The quantitative estimate of drug-likeness (QED) is 0.581. The van der Waals surface area contributed by atoms with Gasteiger partial charge in [-0.05, 0) is 35.6 Å². The van der Waals surface area contributed by atoms with E-state index in [0.717, 1.165) is 37.2 Å². The fourth-order valence-electron chi connectivity index (χ4n) is 2.09. The predicted octanol–water partition coefficient (Wildman–Crippen LogP) is 0.726. The normalized spacial score (nSPS) is 23.7. The molecular formula is C11H19N5OS. The Bertz CT molecular complexity index is 375. The van der Waals surface area contributed by atoms with Gasteiger partial charge in [0.15, 0.2) is 0 Å². The second-order valence-electron chi connectivity index (χ2n) is 4.92. The summed E-state index contributed by atoms with van der Waals surface area (Å²) < 4.78 is 7.31. The van der Waals surface area contributed by atoms with Crippen LogP contribution in [0.25, 0.3) is 0 Å². The first-order chi connectivity index (χ1) is 8.93. The Morgan fingerprint density at radius 1 is 1.39 bits per heavy atom. The van der Waals surface area contributed by atoms with Crippen molar-refractivity contribution in [2.75, 3.05) is 32.1 Å². The minimum absolute atomic E-state index is 0.561. The minimum atomic E-state index is 0.561. The second kappa shape index (κ2) is 5.99. The number of hydrogen-bond acceptors (Lipinski definition) is 6. The van der Waals surface area contributed by atoms with Gasteiger partial charge in [0.2, 0.25) is 5.16 Å². The predicted molar refractivity (Wildman–Crippen MR) is 68.6 cm³/mol. The van der Waals surface area contributed by atoms with Crippen LogP contribution in [-0.4, -0.2) is 52.3 Å². The first-order valence-electron chi connectivity index (χ1n) is 6.62. The lowest BCUT2D eigenvalue weighted by Gasteiger charge is -2.08. The highest BCUT2D eigenvalue weighted by atomic mass is 32.2. The molecule has 0 aromatic carbocycles. The number of rotatable bonds is 7. The smallest absolute Gasteiger partial charge is 0.209 e. The summed E-state index contributed by atoms with van der Waals surface area (Å²) in [4.78, 5) is 0. The molecule has 1 atom stereocenters. The van der Waals surface area contributed by atoms with E-state index in [9.17, 15) is 0 Å². The van der Waals surface area contributed by atoms with Crippen molar-refractivity contribution in [3.8, 4) is 0 Å². The van der Waals surface area contributed by atoms with Crippen LogP contribution in [0.1, 0.15) is 25.3 Å². The third-order valence-electron chi connectivity index (χ3n) is 3.32. The molecule has 0 bridgehead atoms. The molecule has 2 aliphatic rings. The first-order valence-corrected chi connectivity index (χ1v) is 7.61. The van der Waals surface area contributed by atoms with Gasteiger partial charge in [0.1, 0.15) is 0 Å². The Kier molecular flexibility index (Phi) is 4.12. The number of aromatic nitrogens is 4. The van der Waals surface area contributed by atoms with E-state index < -0.39 is 0 Å². The third kappa shape index (κ3) is 3.21. The molecule has 2 fully saturated rings. The van der Waals surface area contributed by atoms with Gasteiger partial charge in [-0.25, -0.2) is 4.68 Å². The first kappa shape index (κ1) is 12.4. The highest BCUT2D eigenvalue weighted by Gasteiger charge is 2.27. The number of hydrogen-bond donors (Lipinski definition) is 1. The molecule has 6 nitrogen and oxygen atoms in total. The molecule has 100 valence electrons. The molecule has 1 saturated heterocycles. The Hall–Kier alpha value is -0.660. The van der Waals surface area contributed by atoms with E-state index >= 15 is 0 Å². The number of thioether (sulfide) groups is 1. The zero-order chi connectivity index (χ0) is 12.2.